The van der Waals surface area contributed by atoms with Crippen molar-refractivity contribution in [3.05, 3.63) is 537 Å². The van der Waals surface area contributed by atoms with Crippen LogP contribution < -0.4 is 0 Å². The first-order valence-corrected chi connectivity index (χ1v) is 42.3. The zero-order valence-corrected chi connectivity index (χ0v) is 83.8. The molecule has 0 amide bonds. The molecule has 0 unspecified atom stereocenters. The molecule has 0 saturated carbocycles. The molecule has 0 spiro atoms. The largest absolute Gasteiger partial charge is 0.305 e. The third-order valence-electron chi connectivity index (χ3n) is 19.8. The average Bonchev–Trinajstić information content (AvgIpc) is 0.829. The summed E-state index contributed by atoms with van der Waals surface area (Å²) >= 11 is 0. The van der Waals surface area contributed by atoms with Gasteiger partial charge in [-0.15, -0.1) is 263 Å². The third kappa shape index (κ3) is 32.1. The summed E-state index contributed by atoms with van der Waals surface area (Å²) in [7, 11) is 0. The van der Waals surface area contributed by atoms with E-state index in [1.165, 1.54) is 0 Å². The van der Waals surface area contributed by atoms with Gasteiger partial charge in [0.2, 0.25) is 0 Å². The fourth-order valence-electron chi connectivity index (χ4n) is 13.2. The summed E-state index contributed by atoms with van der Waals surface area (Å²) in [6.45, 7) is 14.9. The van der Waals surface area contributed by atoms with Gasteiger partial charge in [0.05, 0.1) is 41.5 Å². The second kappa shape index (κ2) is 56.3. The van der Waals surface area contributed by atoms with E-state index in [0.717, 1.165) is 157 Å². The molecule has 136 heavy (non-hydrogen) atoms. The van der Waals surface area contributed by atoms with Crippen molar-refractivity contribution in [2.45, 2.75) is 27.7 Å². The molecule has 12 aromatic carbocycles. The molecule has 0 N–H and O–H groups in total. The topological polar surface area (TPSA) is 179 Å². The molecule has 16 heteroatoms. The predicted octanol–water partition coefficient (Wildman–Crippen LogP) is 28.4. The van der Waals surface area contributed by atoms with E-state index in [-0.39, 0.29) is 80.4 Å². The van der Waals surface area contributed by atoms with Gasteiger partial charge in [0.1, 0.15) is 0 Å². The van der Waals surface area contributed by atoms with E-state index in [1.54, 1.807) is 30.9 Å². The number of nitrogens with zero attached hydrogens (tertiary/aromatic N) is 12. The van der Waals surface area contributed by atoms with Crippen LogP contribution in [0.4, 0.5) is 5.69 Å². The Bertz CT molecular complexity index is 6840. The Hall–Kier alpha value is -15.6. The monoisotopic (exact) mass is 2460 g/mol. The summed E-state index contributed by atoms with van der Waals surface area (Å²) in [6.07, 6.45) is 7.09. The molecule has 8 aromatic heterocycles. The first kappa shape index (κ1) is 104. The Labute approximate surface area is 851 Å². The summed E-state index contributed by atoms with van der Waals surface area (Å²) in [5.74, 6) is 0. The molecule has 0 aliphatic rings. The Kier molecular flexibility index (Phi) is 43.1. The Morgan fingerprint density at radius 1 is 0.243 bits per heavy atom. The van der Waals surface area contributed by atoms with Crippen LogP contribution >= 0.6 is 0 Å². The van der Waals surface area contributed by atoms with Crippen molar-refractivity contribution >= 4 is 5.69 Å². The van der Waals surface area contributed by atoms with Crippen LogP contribution in [0.15, 0.2) is 437 Å². The molecule has 20 aromatic rings. The number of rotatable bonds is 12. The second-order valence-corrected chi connectivity index (χ2v) is 29.3. The maximum Gasteiger partial charge on any atom is 0.186 e. The quantitative estimate of drug-likeness (QED) is 0.106. The standard InChI is InChI=1S/4C18H11N2.4C12H10N.4Ir/c1-19-17-10-8-14(9-11-17)15-5-4-6-16(13-15)18-7-2-3-12-20-18;19-13-14-4-3-5-17(12-14)15-7-9-16(10-8-15)18-6-1-2-11-20-18;19-13-16-5-1-2-6-17(16)14-8-10-15(11-9-14)18-7-3-4-12-20-18;19-13-14-4-6-15(7-5-14)16-8-10-17(11-9-16)18-3-1-2-12-20-18;4*1-10-6-5-9-12(13-10)11-7-3-2-4-8-11;;;;/h2-12H;1-9,11-12H;2*1-10,12H;4*2-7,9H,1H3;;;;/q8*-1;;;;. The van der Waals surface area contributed by atoms with Gasteiger partial charge in [-0.3, -0.25) is 4.98 Å². The number of benzene rings is 12. The normalized spacial score (nSPS) is 9.65. The van der Waals surface area contributed by atoms with Gasteiger partial charge in [-0.1, -0.05) is 203 Å². The van der Waals surface area contributed by atoms with Gasteiger partial charge in [-0.2, -0.15) is 15.8 Å². The van der Waals surface area contributed by atoms with Gasteiger partial charge in [0, 0.05) is 134 Å². The van der Waals surface area contributed by atoms with Crippen molar-refractivity contribution in [1.82, 2.24) is 39.9 Å². The Morgan fingerprint density at radius 3 is 0.904 bits per heavy atom. The number of aromatic nitrogens is 8. The first-order chi connectivity index (χ1) is 64.9. The van der Waals surface area contributed by atoms with E-state index < -0.39 is 0 Å². The number of hydrogen-bond donors (Lipinski definition) is 0. The SMILES string of the molecule is Cc1cccc(-c2[c-]cccc2)n1.Cc1cccc(-c2[c-]cccc2)n1.Cc1cccc(-c2[c-]cccc2)n1.Cc1cccc(-c2[c-]cccc2)n1.N#Cc1ccc(-c2c[c-]c(-c3ccccn3)cc2)cc1.N#Cc1cccc(-c2c[c-]c(-c3ccccn3)cc2)c1.N#Cc1ccccc1-c1c[c-]c(-c2ccccn2)cc1.[C-]#[N+]c1ccc(-c2[c-]c(-c3ccccn3)ccc2)cc1.[Ir].[Ir].[Ir].[Ir]. The zero-order valence-electron chi connectivity index (χ0n) is 74.3. The van der Waals surface area contributed by atoms with Crippen LogP contribution in [0.2, 0.25) is 0 Å². The second-order valence-electron chi connectivity index (χ2n) is 29.3. The smallest absolute Gasteiger partial charge is 0.186 e. The molecule has 0 aliphatic heterocycles. The summed E-state index contributed by atoms with van der Waals surface area (Å²) < 4.78 is 0. The van der Waals surface area contributed by atoms with Gasteiger partial charge < -0.3 is 34.9 Å². The van der Waals surface area contributed by atoms with Crippen molar-refractivity contribution in [2.75, 3.05) is 0 Å². The van der Waals surface area contributed by atoms with Gasteiger partial charge >= 0.3 is 0 Å². The minimum absolute atomic E-state index is 0. The van der Waals surface area contributed by atoms with Crippen LogP contribution in [0.5, 0.6) is 0 Å². The van der Waals surface area contributed by atoms with Gasteiger partial charge in [0.15, 0.2) is 5.69 Å². The van der Waals surface area contributed by atoms with Crippen LogP contribution in [0, 0.1) is 117 Å². The van der Waals surface area contributed by atoms with Gasteiger partial charge in [-0.05, 0) is 152 Å². The van der Waals surface area contributed by atoms with E-state index >= 15 is 0 Å². The molecule has 0 atom stereocenters. The van der Waals surface area contributed by atoms with E-state index in [0.29, 0.717) is 22.4 Å². The number of pyridine rings is 8. The Balaban J connectivity index is 0.000000175. The van der Waals surface area contributed by atoms with Crippen molar-refractivity contribution in [3.8, 4) is 153 Å². The molecule has 4 radical (unpaired) electrons. The molecule has 8 heterocycles. The predicted molar refractivity (Wildman–Crippen MR) is 529 cm³/mol. The van der Waals surface area contributed by atoms with Crippen molar-refractivity contribution in [3.63, 3.8) is 0 Å². The van der Waals surface area contributed by atoms with Crippen LogP contribution in [0.1, 0.15) is 39.5 Å². The zero-order chi connectivity index (χ0) is 91.5. The fourth-order valence-corrected chi connectivity index (χ4v) is 13.2. The van der Waals surface area contributed by atoms with E-state index in [4.69, 9.17) is 22.4 Å². The molecule has 668 valence electrons. The average molecular weight is 2460 g/mol. The third-order valence-corrected chi connectivity index (χ3v) is 19.8. The van der Waals surface area contributed by atoms with Crippen molar-refractivity contribution in [2.24, 2.45) is 0 Å². The molecule has 0 fully saturated rings. The molecular weight excluding hydrogens is 2380 g/mol. The minimum atomic E-state index is 0. The molecule has 12 nitrogen and oxygen atoms in total. The number of aryl methyl sites for hydroxylation is 4. The van der Waals surface area contributed by atoms with Crippen LogP contribution in [0.3, 0.4) is 0 Å². The Morgan fingerprint density at radius 2 is 0.559 bits per heavy atom. The minimum Gasteiger partial charge on any atom is -0.305 e. The van der Waals surface area contributed by atoms with E-state index in [1.807, 2.05) is 434 Å². The maximum absolute atomic E-state index is 9.14. The molecule has 20 rings (SSSR count). The van der Waals surface area contributed by atoms with Crippen molar-refractivity contribution < 1.29 is 80.4 Å². The molecular formula is C120H84Ir4N12-8. The van der Waals surface area contributed by atoms with Crippen LogP contribution in [0.25, 0.3) is 139 Å². The molecule has 0 aliphatic carbocycles. The van der Waals surface area contributed by atoms with Crippen LogP contribution in [-0.2, 0) is 80.4 Å². The van der Waals surface area contributed by atoms with E-state index in [9.17, 15) is 0 Å². The number of nitriles is 3. The van der Waals surface area contributed by atoms with Crippen molar-refractivity contribution in [1.29, 1.82) is 15.8 Å². The van der Waals surface area contributed by atoms with Crippen LogP contribution in [-0.4, -0.2) is 39.9 Å². The fraction of sp³-hybridized carbons (Fsp3) is 0.0333. The van der Waals surface area contributed by atoms with Gasteiger partial charge in [-0.25, -0.2) is 4.85 Å². The summed E-state index contributed by atoms with van der Waals surface area (Å²) in [6, 6.07) is 165. The first-order valence-electron chi connectivity index (χ1n) is 42.3. The summed E-state index contributed by atoms with van der Waals surface area (Å²) in [5.41, 5.74) is 30.6. The molecule has 0 bridgehead atoms. The summed E-state index contributed by atoms with van der Waals surface area (Å²) in [5, 5.41) is 26.9. The van der Waals surface area contributed by atoms with E-state index in [2.05, 4.69) is 111 Å². The molecule has 0 saturated heterocycles. The maximum atomic E-state index is 9.14. The number of hydrogen-bond acceptors (Lipinski definition) is 11. The summed E-state index contributed by atoms with van der Waals surface area (Å²) in [4.78, 5) is 38.3. The van der Waals surface area contributed by atoms with Gasteiger partial charge in [0.25, 0.3) is 0 Å².